The number of nitrogens with zero attached hydrogens (tertiary/aromatic N) is 1. The summed E-state index contributed by atoms with van der Waals surface area (Å²) in [5.74, 6) is 3.25. The van der Waals surface area contributed by atoms with Crippen LogP contribution in [0, 0.1) is 17.8 Å². The van der Waals surface area contributed by atoms with E-state index in [1.54, 1.807) is 0 Å². The molecule has 0 unspecified atom stereocenters. The highest BCUT2D eigenvalue weighted by atomic mass is 15.1. The van der Waals surface area contributed by atoms with Crippen LogP contribution in [0.1, 0.15) is 38.5 Å². The normalized spacial score (nSPS) is 28.9. The molecule has 0 aromatic carbocycles. The van der Waals surface area contributed by atoms with Crippen LogP contribution in [0.5, 0.6) is 0 Å². The van der Waals surface area contributed by atoms with Gasteiger partial charge in [0, 0.05) is 6.04 Å². The van der Waals surface area contributed by atoms with Crippen molar-refractivity contribution in [1.82, 2.24) is 10.2 Å². The maximum absolute atomic E-state index is 3.86. The molecule has 0 spiro atoms. The average Bonchev–Trinajstić information content (AvgIpc) is 3.15. The van der Waals surface area contributed by atoms with Crippen LogP contribution in [0.2, 0.25) is 0 Å². The van der Waals surface area contributed by atoms with Crippen molar-refractivity contribution in [3.05, 3.63) is 0 Å². The Labute approximate surface area is 99.8 Å². The molecule has 2 aliphatic carbocycles. The highest BCUT2D eigenvalue weighted by Crippen LogP contribution is 2.48. The third-order valence-corrected chi connectivity index (χ3v) is 4.82. The lowest BCUT2D eigenvalue weighted by Gasteiger charge is -2.31. The van der Waals surface area contributed by atoms with Gasteiger partial charge in [-0.2, -0.15) is 0 Å². The van der Waals surface area contributed by atoms with Crippen molar-refractivity contribution >= 4 is 0 Å². The lowest BCUT2D eigenvalue weighted by Crippen LogP contribution is -2.42. The molecule has 3 rings (SSSR count). The van der Waals surface area contributed by atoms with E-state index in [2.05, 4.69) is 17.3 Å². The van der Waals surface area contributed by atoms with E-state index in [1.165, 1.54) is 58.2 Å². The van der Waals surface area contributed by atoms with Gasteiger partial charge in [0.25, 0.3) is 0 Å². The van der Waals surface area contributed by atoms with E-state index in [0.29, 0.717) is 0 Å². The van der Waals surface area contributed by atoms with Gasteiger partial charge in [-0.1, -0.05) is 0 Å². The quantitative estimate of drug-likeness (QED) is 0.766. The van der Waals surface area contributed by atoms with Gasteiger partial charge in [0.2, 0.25) is 0 Å². The highest BCUT2D eigenvalue weighted by Gasteiger charge is 2.41. The molecule has 2 heteroatoms. The van der Waals surface area contributed by atoms with E-state index < -0.39 is 0 Å². The molecule has 1 heterocycles. The van der Waals surface area contributed by atoms with E-state index >= 15 is 0 Å². The first-order valence-electron chi connectivity index (χ1n) is 7.25. The molecule has 1 aliphatic heterocycles. The van der Waals surface area contributed by atoms with Crippen LogP contribution >= 0.6 is 0 Å². The summed E-state index contributed by atoms with van der Waals surface area (Å²) in [7, 11) is 2.24. The standard InChI is InChI=1S/C14H26N2/c1-16-8-6-13(7-9-16)15-10-14(11-2-3-11)12-4-5-12/h11-15H,2-10H2,1H3. The van der Waals surface area contributed by atoms with Crippen molar-refractivity contribution in [1.29, 1.82) is 0 Å². The Morgan fingerprint density at radius 1 is 1.00 bits per heavy atom. The summed E-state index contributed by atoms with van der Waals surface area (Å²) in [5, 5.41) is 3.86. The first-order valence-corrected chi connectivity index (χ1v) is 7.25. The van der Waals surface area contributed by atoms with Crippen LogP contribution in [0.15, 0.2) is 0 Å². The first kappa shape index (κ1) is 11.0. The van der Waals surface area contributed by atoms with Crippen molar-refractivity contribution in [2.75, 3.05) is 26.7 Å². The van der Waals surface area contributed by atoms with Crippen molar-refractivity contribution < 1.29 is 0 Å². The average molecular weight is 222 g/mol. The van der Waals surface area contributed by atoms with E-state index in [4.69, 9.17) is 0 Å². The van der Waals surface area contributed by atoms with Crippen LogP contribution in [-0.2, 0) is 0 Å². The molecule has 0 radical (unpaired) electrons. The second-order valence-electron chi connectivity index (χ2n) is 6.32. The lowest BCUT2D eigenvalue weighted by molar-refractivity contribution is 0.224. The predicted octanol–water partition coefficient (Wildman–Crippen LogP) is 2.11. The largest absolute Gasteiger partial charge is 0.314 e. The van der Waals surface area contributed by atoms with Gasteiger partial charge in [-0.05, 0) is 83.0 Å². The second-order valence-corrected chi connectivity index (χ2v) is 6.32. The fourth-order valence-electron chi connectivity index (χ4n) is 3.28. The minimum atomic E-state index is 0.816. The fraction of sp³-hybridized carbons (Fsp3) is 1.00. The Hall–Kier alpha value is -0.0800. The van der Waals surface area contributed by atoms with Crippen molar-refractivity contribution in [3.8, 4) is 0 Å². The third-order valence-electron chi connectivity index (χ3n) is 4.82. The van der Waals surface area contributed by atoms with Gasteiger partial charge in [-0.3, -0.25) is 0 Å². The molecule has 2 saturated carbocycles. The number of likely N-dealkylation sites (tertiary alicyclic amines) is 1. The molecule has 3 fully saturated rings. The summed E-state index contributed by atoms with van der Waals surface area (Å²) in [6.45, 7) is 3.90. The molecule has 0 aromatic rings. The molecular weight excluding hydrogens is 196 g/mol. The summed E-state index contributed by atoms with van der Waals surface area (Å²) in [6, 6.07) is 0.816. The molecule has 1 N–H and O–H groups in total. The molecule has 0 amide bonds. The van der Waals surface area contributed by atoms with Crippen LogP contribution in [-0.4, -0.2) is 37.6 Å². The maximum atomic E-state index is 3.86. The van der Waals surface area contributed by atoms with E-state index in [1.807, 2.05) is 0 Å². The van der Waals surface area contributed by atoms with Crippen LogP contribution < -0.4 is 5.32 Å². The molecule has 2 nitrogen and oxygen atoms in total. The Kier molecular flexibility index (Phi) is 3.21. The Bertz CT molecular complexity index is 213. The Morgan fingerprint density at radius 3 is 2.06 bits per heavy atom. The van der Waals surface area contributed by atoms with Crippen molar-refractivity contribution in [2.24, 2.45) is 17.8 Å². The highest BCUT2D eigenvalue weighted by molar-refractivity contribution is 4.93. The molecule has 0 bridgehead atoms. The minimum absolute atomic E-state index is 0.816. The fourth-order valence-corrected chi connectivity index (χ4v) is 3.28. The Morgan fingerprint density at radius 2 is 1.56 bits per heavy atom. The molecule has 92 valence electrons. The van der Waals surface area contributed by atoms with Crippen molar-refractivity contribution in [2.45, 2.75) is 44.6 Å². The molecule has 1 saturated heterocycles. The van der Waals surface area contributed by atoms with E-state index in [9.17, 15) is 0 Å². The summed E-state index contributed by atoms with van der Waals surface area (Å²) in [5.41, 5.74) is 0. The first-order chi connectivity index (χ1) is 7.83. The van der Waals surface area contributed by atoms with E-state index in [-0.39, 0.29) is 0 Å². The van der Waals surface area contributed by atoms with Gasteiger partial charge >= 0.3 is 0 Å². The maximum Gasteiger partial charge on any atom is 0.00915 e. The summed E-state index contributed by atoms with van der Waals surface area (Å²) < 4.78 is 0. The van der Waals surface area contributed by atoms with Crippen molar-refractivity contribution in [3.63, 3.8) is 0 Å². The monoisotopic (exact) mass is 222 g/mol. The van der Waals surface area contributed by atoms with Gasteiger partial charge in [-0.15, -0.1) is 0 Å². The van der Waals surface area contributed by atoms with Gasteiger partial charge in [0.15, 0.2) is 0 Å². The zero-order chi connectivity index (χ0) is 11.0. The number of nitrogens with one attached hydrogen (secondary N) is 1. The summed E-state index contributed by atoms with van der Waals surface area (Å²) in [6.07, 6.45) is 8.82. The number of piperidine rings is 1. The molecule has 16 heavy (non-hydrogen) atoms. The van der Waals surface area contributed by atoms with Gasteiger partial charge in [-0.25, -0.2) is 0 Å². The molecule has 0 aromatic heterocycles. The molecule has 3 aliphatic rings. The van der Waals surface area contributed by atoms with Gasteiger partial charge in [0.1, 0.15) is 0 Å². The summed E-state index contributed by atoms with van der Waals surface area (Å²) in [4.78, 5) is 2.46. The number of rotatable bonds is 5. The van der Waals surface area contributed by atoms with Crippen LogP contribution in [0.3, 0.4) is 0 Å². The topological polar surface area (TPSA) is 15.3 Å². The zero-order valence-electron chi connectivity index (χ0n) is 10.6. The smallest absolute Gasteiger partial charge is 0.00915 e. The Balaban J connectivity index is 1.41. The molecule has 0 atom stereocenters. The van der Waals surface area contributed by atoms with Gasteiger partial charge < -0.3 is 10.2 Å². The van der Waals surface area contributed by atoms with Gasteiger partial charge in [0.05, 0.1) is 0 Å². The zero-order valence-corrected chi connectivity index (χ0v) is 10.6. The van der Waals surface area contributed by atoms with E-state index in [0.717, 1.165) is 23.8 Å². The second kappa shape index (κ2) is 4.66. The summed E-state index contributed by atoms with van der Waals surface area (Å²) >= 11 is 0. The van der Waals surface area contributed by atoms with Crippen LogP contribution in [0.25, 0.3) is 0 Å². The third kappa shape index (κ3) is 2.78. The SMILES string of the molecule is CN1CCC(NCC(C2CC2)C2CC2)CC1. The lowest BCUT2D eigenvalue weighted by atomic mass is 9.96. The number of hydrogen-bond donors (Lipinski definition) is 1. The minimum Gasteiger partial charge on any atom is -0.314 e. The number of hydrogen-bond acceptors (Lipinski definition) is 2. The molecular formula is C14H26N2. The van der Waals surface area contributed by atoms with Crippen LogP contribution in [0.4, 0.5) is 0 Å². The predicted molar refractivity (Wildman–Crippen MR) is 67.5 cm³/mol.